The van der Waals surface area contributed by atoms with E-state index in [1.54, 1.807) is 6.33 Å². The fraction of sp³-hybridized carbons (Fsp3) is 0.714. The number of rotatable bonds is 4. The number of nitriles is 1. The molecule has 1 aliphatic carbocycles. The Kier molecular flexibility index (Phi) is 3.43. The van der Waals surface area contributed by atoms with E-state index in [0.29, 0.717) is 25.4 Å². The van der Waals surface area contributed by atoms with Gasteiger partial charge in [0.25, 0.3) is 0 Å². The van der Waals surface area contributed by atoms with Crippen molar-refractivity contribution in [1.82, 2.24) is 14.8 Å². The number of hydrogen-bond acceptors (Lipinski definition) is 5. The second-order valence-corrected chi connectivity index (χ2v) is 5.53. The fourth-order valence-electron chi connectivity index (χ4n) is 3.86. The van der Waals surface area contributed by atoms with E-state index in [0.717, 1.165) is 18.7 Å². The van der Waals surface area contributed by atoms with E-state index in [2.05, 4.69) is 16.2 Å². The van der Waals surface area contributed by atoms with E-state index in [9.17, 15) is 4.79 Å². The van der Waals surface area contributed by atoms with Crippen LogP contribution in [0.3, 0.4) is 0 Å². The van der Waals surface area contributed by atoms with Gasteiger partial charge in [0, 0.05) is 12.3 Å². The van der Waals surface area contributed by atoms with Gasteiger partial charge in [-0.3, -0.25) is 4.79 Å². The second-order valence-electron chi connectivity index (χ2n) is 5.53. The number of hydrogen-bond donors (Lipinski definition) is 0. The second kappa shape index (κ2) is 5.23. The van der Waals surface area contributed by atoms with Crippen molar-refractivity contribution in [2.75, 3.05) is 6.61 Å². The van der Waals surface area contributed by atoms with Crippen LogP contribution in [-0.4, -0.2) is 27.3 Å². The lowest BCUT2D eigenvalue weighted by atomic mass is 9.87. The first-order chi connectivity index (χ1) is 9.76. The van der Waals surface area contributed by atoms with Gasteiger partial charge in [-0.15, -0.1) is 0 Å². The number of carbonyl (C=O) groups is 1. The Bertz CT molecular complexity index is 548. The largest absolute Gasteiger partial charge is 0.466 e. The van der Waals surface area contributed by atoms with Crippen LogP contribution in [0.15, 0.2) is 6.33 Å². The molecule has 2 aliphatic rings. The molecule has 1 fully saturated rings. The predicted octanol–water partition coefficient (Wildman–Crippen LogP) is 1.81. The SMILES string of the molecule is CCOC(=O)CC1CCC2C(CC#N)c3ncnn3C12. The molecule has 0 radical (unpaired) electrons. The summed E-state index contributed by atoms with van der Waals surface area (Å²) in [4.78, 5) is 16.0. The third kappa shape index (κ3) is 1.98. The Morgan fingerprint density at radius 2 is 2.45 bits per heavy atom. The fourth-order valence-corrected chi connectivity index (χ4v) is 3.86. The standard InChI is InChI=1S/C14H18N4O2/c1-2-20-12(19)7-9-3-4-10-11(5-6-15)14-16-8-17-18(14)13(9)10/h8-11,13H,2-5,7H2,1H3. The third-order valence-electron chi connectivity index (χ3n) is 4.57. The normalized spacial score (nSPS) is 30.6. The minimum atomic E-state index is -0.136. The number of fused-ring (bicyclic) bond motifs is 3. The number of nitrogens with zero attached hydrogens (tertiary/aromatic N) is 4. The van der Waals surface area contributed by atoms with Gasteiger partial charge in [-0.2, -0.15) is 10.4 Å². The van der Waals surface area contributed by atoms with E-state index in [-0.39, 0.29) is 23.8 Å². The first kappa shape index (κ1) is 13.1. The molecule has 106 valence electrons. The van der Waals surface area contributed by atoms with Gasteiger partial charge in [0.15, 0.2) is 0 Å². The molecule has 0 N–H and O–H groups in total. The molecule has 1 aromatic rings. The zero-order valence-corrected chi connectivity index (χ0v) is 11.5. The molecule has 20 heavy (non-hydrogen) atoms. The van der Waals surface area contributed by atoms with Crippen molar-refractivity contribution in [3.05, 3.63) is 12.2 Å². The zero-order chi connectivity index (χ0) is 14.1. The van der Waals surface area contributed by atoms with Gasteiger partial charge in [-0.05, 0) is 31.6 Å². The monoisotopic (exact) mass is 274 g/mol. The molecule has 1 aromatic heterocycles. The Morgan fingerprint density at radius 1 is 1.60 bits per heavy atom. The summed E-state index contributed by atoms with van der Waals surface area (Å²) in [5.41, 5.74) is 0. The number of carbonyl (C=O) groups excluding carboxylic acids is 1. The van der Waals surface area contributed by atoms with Gasteiger partial charge < -0.3 is 4.74 Å². The van der Waals surface area contributed by atoms with Crippen molar-refractivity contribution in [1.29, 1.82) is 5.26 Å². The molecule has 2 heterocycles. The van der Waals surface area contributed by atoms with Gasteiger partial charge in [-0.1, -0.05) is 0 Å². The molecule has 0 saturated heterocycles. The molecular weight excluding hydrogens is 256 g/mol. The van der Waals surface area contributed by atoms with Crippen LogP contribution in [-0.2, 0) is 9.53 Å². The van der Waals surface area contributed by atoms with Crippen LogP contribution >= 0.6 is 0 Å². The molecule has 1 aliphatic heterocycles. The summed E-state index contributed by atoms with van der Waals surface area (Å²) in [6.07, 6.45) is 4.50. The van der Waals surface area contributed by atoms with Gasteiger partial charge in [0.1, 0.15) is 12.2 Å². The van der Waals surface area contributed by atoms with Crippen molar-refractivity contribution in [2.24, 2.45) is 11.8 Å². The molecule has 0 aromatic carbocycles. The van der Waals surface area contributed by atoms with Gasteiger partial charge in [-0.25, -0.2) is 9.67 Å². The maximum Gasteiger partial charge on any atom is 0.306 e. The maximum atomic E-state index is 11.7. The van der Waals surface area contributed by atoms with E-state index in [4.69, 9.17) is 10.00 Å². The van der Waals surface area contributed by atoms with Crippen molar-refractivity contribution < 1.29 is 9.53 Å². The topological polar surface area (TPSA) is 80.8 Å². The third-order valence-corrected chi connectivity index (χ3v) is 4.57. The average molecular weight is 274 g/mol. The van der Waals surface area contributed by atoms with Gasteiger partial charge in [0.05, 0.1) is 25.1 Å². The molecule has 0 spiro atoms. The maximum absolute atomic E-state index is 11.7. The smallest absolute Gasteiger partial charge is 0.306 e. The van der Waals surface area contributed by atoms with Crippen LogP contribution in [0, 0.1) is 23.2 Å². The van der Waals surface area contributed by atoms with E-state index < -0.39 is 0 Å². The first-order valence-electron chi connectivity index (χ1n) is 7.18. The lowest BCUT2D eigenvalue weighted by molar-refractivity contribution is -0.144. The highest BCUT2D eigenvalue weighted by atomic mass is 16.5. The number of ether oxygens (including phenoxy) is 1. The minimum absolute atomic E-state index is 0.136. The van der Waals surface area contributed by atoms with Crippen LogP contribution in [0.25, 0.3) is 0 Å². The summed E-state index contributed by atoms with van der Waals surface area (Å²) in [5, 5.41) is 13.3. The molecular formula is C14H18N4O2. The molecule has 1 saturated carbocycles. The van der Waals surface area contributed by atoms with Crippen molar-refractivity contribution >= 4 is 5.97 Å². The minimum Gasteiger partial charge on any atom is -0.466 e. The van der Waals surface area contributed by atoms with Crippen LogP contribution in [0.2, 0.25) is 0 Å². The summed E-state index contributed by atoms with van der Waals surface area (Å²) in [7, 11) is 0. The van der Waals surface area contributed by atoms with E-state index >= 15 is 0 Å². The highest BCUT2D eigenvalue weighted by Crippen LogP contribution is 2.54. The predicted molar refractivity (Wildman–Crippen MR) is 69.5 cm³/mol. The van der Waals surface area contributed by atoms with Crippen LogP contribution < -0.4 is 0 Å². The molecule has 6 heteroatoms. The van der Waals surface area contributed by atoms with Gasteiger partial charge in [0.2, 0.25) is 0 Å². The zero-order valence-electron chi connectivity index (χ0n) is 11.5. The molecule has 0 bridgehead atoms. The summed E-state index contributed by atoms with van der Waals surface area (Å²) in [6.45, 7) is 2.24. The van der Waals surface area contributed by atoms with Crippen LogP contribution in [0.1, 0.15) is 50.4 Å². The lowest BCUT2D eigenvalue weighted by Gasteiger charge is -2.19. The van der Waals surface area contributed by atoms with Crippen LogP contribution in [0.5, 0.6) is 0 Å². The highest BCUT2D eigenvalue weighted by molar-refractivity contribution is 5.69. The Labute approximate surface area is 117 Å². The summed E-state index contributed by atoms with van der Waals surface area (Å²) < 4.78 is 7.01. The summed E-state index contributed by atoms with van der Waals surface area (Å²) in [6, 6.07) is 2.46. The molecule has 4 unspecified atom stereocenters. The van der Waals surface area contributed by atoms with Crippen LogP contribution in [0.4, 0.5) is 0 Å². The molecule has 6 nitrogen and oxygen atoms in total. The highest BCUT2D eigenvalue weighted by Gasteiger charge is 2.50. The Balaban J connectivity index is 1.81. The summed E-state index contributed by atoms with van der Waals surface area (Å²) in [5.74, 6) is 1.59. The number of aromatic nitrogens is 3. The molecule has 4 atom stereocenters. The average Bonchev–Trinajstić information content (AvgIpc) is 3.06. The summed E-state index contributed by atoms with van der Waals surface area (Å²) >= 11 is 0. The van der Waals surface area contributed by atoms with Crippen molar-refractivity contribution in [3.8, 4) is 6.07 Å². The molecule has 3 rings (SSSR count). The quantitative estimate of drug-likeness (QED) is 0.782. The van der Waals surface area contributed by atoms with Crippen molar-refractivity contribution in [3.63, 3.8) is 0 Å². The number of esters is 1. The first-order valence-corrected chi connectivity index (χ1v) is 7.18. The van der Waals surface area contributed by atoms with Gasteiger partial charge >= 0.3 is 5.97 Å². The Hall–Kier alpha value is -1.90. The van der Waals surface area contributed by atoms with E-state index in [1.165, 1.54) is 0 Å². The van der Waals surface area contributed by atoms with Crippen molar-refractivity contribution in [2.45, 2.75) is 44.6 Å². The Morgan fingerprint density at radius 3 is 3.20 bits per heavy atom. The molecule has 0 amide bonds. The lowest BCUT2D eigenvalue weighted by Crippen LogP contribution is -2.20. The van der Waals surface area contributed by atoms with E-state index in [1.807, 2.05) is 11.6 Å².